The molecule has 0 heterocycles. The second kappa shape index (κ2) is 7.88. The van der Waals surface area contributed by atoms with Gasteiger partial charge in [0.25, 0.3) is 0 Å². The molecule has 19 heavy (non-hydrogen) atoms. The van der Waals surface area contributed by atoms with E-state index in [1.807, 2.05) is 25.1 Å². The molecule has 1 rings (SSSR count). The standard InChI is InChI=1S/C15H24BrNO2/c1-4-8-17-9-7-15(2,18)11-12-5-6-14(19-3)13(16)10-12/h5-6,10,17-18H,4,7-9,11H2,1-3H3. The second-order valence-electron chi connectivity index (χ2n) is 5.14. The Morgan fingerprint density at radius 1 is 1.37 bits per heavy atom. The predicted octanol–water partition coefficient (Wildman–Crippen LogP) is 3.14. The normalized spacial score (nSPS) is 14.2. The lowest BCUT2D eigenvalue weighted by molar-refractivity contribution is 0.0516. The zero-order valence-electron chi connectivity index (χ0n) is 12.0. The van der Waals surface area contributed by atoms with Crippen LogP contribution in [0.25, 0.3) is 0 Å². The molecule has 0 spiro atoms. The van der Waals surface area contributed by atoms with Crippen LogP contribution in [0, 0.1) is 0 Å². The van der Waals surface area contributed by atoms with E-state index in [-0.39, 0.29) is 0 Å². The van der Waals surface area contributed by atoms with Gasteiger partial charge in [0.2, 0.25) is 0 Å². The molecule has 2 N–H and O–H groups in total. The molecular weight excluding hydrogens is 306 g/mol. The van der Waals surface area contributed by atoms with Crippen molar-refractivity contribution < 1.29 is 9.84 Å². The molecule has 0 saturated heterocycles. The summed E-state index contributed by atoms with van der Waals surface area (Å²) < 4.78 is 6.13. The highest BCUT2D eigenvalue weighted by Gasteiger charge is 2.20. The number of ether oxygens (including phenoxy) is 1. The summed E-state index contributed by atoms with van der Waals surface area (Å²) in [7, 11) is 1.65. The number of hydrogen-bond acceptors (Lipinski definition) is 3. The van der Waals surface area contributed by atoms with Crippen molar-refractivity contribution in [3.05, 3.63) is 28.2 Å². The molecule has 0 radical (unpaired) electrons. The molecule has 1 aromatic rings. The Bertz CT molecular complexity index is 394. The monoisotopic (exact) mass is 329 g/mol. The Morgan fingerprint density at radius 3 is 2.68 bits per heavy atom. The Kier molecular flexibility index (Phi) is 6.83. The zero-order valence-corrected chi connectivity index (χ0v) is 13.6. The maximum atomic E-state index is 10.4. The number of rotatable bonds is 8. The summed E-state index contributed by atoms with van der Waals surface area (Å²) >= 11 is 3.47. The maximum Gasteiger partial charge on any atom is 0.133 e. The van der Waals surface area contributed by atoms with Crippen LogP contribution < -0.4 is 10.1 Å². The van der Waals surface area contributed by atoms with Gasteiger partial charge in [-0.2, -0.15) is 0 Å². The molecule has 0 bridgehead atoms. The van der Waals surface area contributed by atoms with Crippen LogP contribution in [-0.2, 0) is 6.42 Å². The lowest BCUT2D eigenvalue weighted by Gasteiger charge is -2.24. The van der Waals surface area contributed by atoms with Crippen LogP contribution in [0.4, 0.5) is 0 Å². The van der Waals surface area contributed by atoms with Gasteiger partial charge < -0.3 is 15.2 Å². The molecule has 0 amide bonds. The number of methoxy groups -OCH3 is 1. The summed E-state index contributed by atoms with van der Waals surface area (Å²) in [4.78, 5) is 0. The van der Waals surface area contributed by atoms with E-state index in [4.69, 9.17) is 4.74 Å². The van der Waals surface area contributed by atoms with Gasteiger partial charge in [0.15, 0.2) is 0 Å². The molecule has 3 nitrogen and oxygen atoms in total. The van der Waals surface area contributed by atoms with E-state index in [9.17, 15) is 5.11 Å². The average Bonchev–Trinajstić information content (AvgIpc) is 2.34. The molecule has 0 aliphatic carbocycles. The third kappa shape index (κ3) is 5.93. The molecule has 1 unspecified atom stereocenters. The van der Waals surface area contributed by atoms with Crippen molar-refractivity contribution in [2.75, 3.05) is 20.2 Å². The molecule has 4 heteroatoms. The first kappa shape index (κ1) is 16.5. The van der Waals surface area contributed by atoms with E-state index in [1.165, 1.54) is 0 Å². The third-order valence-corrected chi connectivity index (χ3v) is 3.69. The van der Waals surface area contributed by atoms with E-state index in [0.29, 0.717) is 6.42 Å². The van der Waals surface area contributed by atoms with Crippen molar-refractivity contribution in [2.45, 2.75) is 38.7 Å². The Balaban J connectivity index is 2.54. The van der Waals surface area contributed by atoms with Gasteiger partial charge in [0.1, 0.15) is 5.75 Å². The van der Waals surface area contributed by atoms with Crippen LogP contribution >= 0.6 is 15.9 Å². The van der Waals surface area contributed by atoms with Gasteiger partial charge in [0, 0.05) is 6.42 Å². The second-order valence-corrected chi connectivity index (χ2v) is 6.00. The molecular formula is C15H24BrNO2. The van der Waals surface area contributed by atoms with E-state index in [2.05, 4.69) is 28.2 Å². The third-order valence-electron chi connectivity index (χ3n) is 3.07. The Morgan fingerprint density at radius 2 is 2.11 bits per heavy atom. The Hall–Kier alpha value is -0.580. The molecule has 1 aromatic carbocycles. The topological polar surface area (TPSA) is 41.5 Å². The lowest BCUT2D eigenvalue weighted by atomic mass is 9.93. The minimum absolute atomic E-state index is 0.642. The first-order chi connectivity index (χ1) is 8.98. The fourth-order valence-corrected chi connectivity index (χ4v) is 2.60. The first-order valence-electron chi connectivity index (χ1n) is 6.74. The highest BCUT2D eigenvalue weighted by molar-refractivity contribution is 9.10. The first-order valence-corrected chi connectivity index (χ1v) is 7.53. The quantitative estimate of drug-likeness (QED) is 0.720. The molecule has 0 aliphatic heterocycles. The molecule has 0 saturated carbocycles. The SMILES string of the molecule is CCCNCCC(C)(O)Cc1ccc(OC)c(Br)c1. The predicted molar refractivity (Wildman–Crippen MR) is 82.8 cm³/mol. The van der Waals surface area contributed by atoms with Gasteiger partial charge in [-0.3, -0.25) is 0 Å². The smallest absolute Gasteiger partial charge is 0.133 e. The van der Waals surface area contributed by atoms with Crippen LogP contribution in [0.1, 0.15) is 32.3 Å². The summed E-state index contributed by atoms with van der Waals surface area (Å²) in [6, 6.07) is 5.93. The number of halogens is 1. The maximum absolute atomic E-state index is 10.4. The summed E-state index contributed by atoms with van der Waals surface area (Å²) in [5, 5.41) is 13.7. The van der Waals surface area contributed by atoms with Crippen LogP contribution in [0.5, 0.6) is 5.75 Å². The largest absolute Gasteiger partial charge is 0.496 e. The van der Waals surface area contributed by atoms with E-state index in [1.54, 1.807) is 7.11 Å². The van der Waals surface area contributed by atoms with Crippen molar-refractivity contribution in [1.82, 2.24) is 5.32 Å². The van der Waals surface area contributed by atoms with Crippen molar-refractivity contribution in [1.29, 1.82) is 0 Å². The van der Waals surface area contributed by atoms with Crippen LogP contribution in [0.15, 0.2) is 22.7 Å². The Labute approximate surface area is 124 Å². The van der Waals surface area contributed by atoms with Crippen molar-refractivity contribution in [3.8, 4) is 5.75 Å². The van der Waals surface area contributed by atoms with Gasteiger partial charge in [-0.15, -0.1) is 0 Å². The molecule has 1 atom stereocenters. The molecule has 108 valence electrons. The van der Waals surface area contributed by atoms with E-state index < -0.39 is 5.60 Å². The highest BCUT2D eigenvalue weighted by Crippen LogP contribution is 2.27. The molecule has 0 aliphatic rings. The summed E-state index contributed by atoms with van der Waals surface area (Å²) in [5.41, 5.74) is 0.419. The fraction of sp³-hybridized carbons (Fsp3) is 0.600. The molecule has 0 fully saturated rings. The summed E-state index contributed by atoms with van der Waals surface area (Å²) in [6.07, 6.45) is 2.51. The minimum Gasteiger partial charge on any atom is -0.496 e. The van der Waals surface area contributed by atoms with Crippen LogP contribution in [0.3, 0.4) is 0 Å². The average molecular weight is 330 g/mol. The van der Waals surface area contributed by atoms with Crippen molar-refractivity contribution in [2.24, 2.45) is 0 Å². The number of aliphatic hydroxyl groups is 1. The number of benzene rings is 1. The van der Waals surface area contributed by atoms with Gasteiger partial charge in [-0.1, -0.05) is 13.0 Å². The van der Waals surface area contributed by atoms with Gasteiger partial charge >= 0.3 is 0 Å². The van der Waals surface area contributed by atoms with Crippen molar-refractivity contribution >= 4 is 15.9 Å². The zero-order chi connectivity index (χ0) is 14.3. The van der Waals surface area contributed by atoms with E-state index in [0.717, 1.165) is 41.7 Å². The summed E-state index contributed by atoms with van der Waals surface area (Å²) in [6.45, 7) is 5.88. The van der Waals surface area contributed by atoms with Gasteiger partial charge in [-0.25, -0.2) is 0 Å². The lowest BCUT2D eigenvalue weighted by Crippen LogP contribution is -2.32. The number of nitrogens with one attached hydrogen (secondary N) is 1. The number of hydrogen-bond donors (Lipinski definition) is 2. The highest BCUT2D eigenvalue weighted by atomic mass is 79.9. The summed E-state index contributed by atoms with van der Waals surface area (Å²) in [5.74, 6) is 0.813. The van der Waals surface area contributed by atoms with Crippen LogP contribution in [-0.4, -0.2) is 30.9 Å². The van der Waals surface area contributed by atoms with E-state index >= 15 is 0 Å². The minimum atomic E-state index is -0.686. The van der Waals surface area contributed by atoms with Crippen molar-refractivity contribution in [3.63, 3.8) is 0 Å². The van der Waals surface area contributed by atoms with Crippen LogP contribution in [0.2, 0.25) is 0 Å². The fourth-order valence-electron chi connectivity index (χ4n) is 2.01. The molecule has 0 aromatic heterocycles. The van der Waals surface area contributed by atoms with Gasteiger partial charge in [0.05, 0.1) is 17.2 Å². The van der Waals surface area contributed by atoms with Gasteiger partial charge in [-0.05, 0) is 66.5 Å².